The molecule has 0 aliphatic rings. The van der Waals surface area contributed by atoms with Crippen molar-refractivity contribution in [3.63, 3.8) is 0 Å². The SMILES string of the molecule is CCn1c(Cl)c(/C=C(\C)C(=O)O)c2cc(Cl)ccc21. The fourth-order valence-electron chi connectivity index (χ4n) is 2.05. The first-order valence-electron chi connectivity index (χ1n) is 5.84. The van der Waals surface area contributed by atoms with Crippen LogP contribution in [0.2, 0.25) is 10.2 Å². The number of benzene rings is 1. The van der Waals surface area contributed by atoms with Gasteiger partial charge in [0.1, 0.15) is 5.15 Å². The van der Waals surface area contributed by atoms with Crippen LogP contribution in [0.5, 0.6) is 0 Å². The highest BCUT2D eigenvalue weighted by molar-refractivity contribution is 6.34. The molecule has 2 aromatic rings. The monoisotopic (exact) mass is 297 g/mol. The van der Waals surface area contributed by atoms with E-state index in [1.54, 1.807) is 25.1 Å². The average molecular weight is 298 g/mol. The summed E-state index contributed by atoms with van der Waals surface area (Å²) in [6.07, 6.45) is 1.58. The molecule has 0 fully saturated rings. The van der Waals surface area contributed by atoms with E-state index in [-0.39, 0.29) is 5.57 Å². The van der Waals surface area contributed by atoms with Crippen LogP contribution < -0.4 is 0 Å². The van der Waals surface area contributed by atoms with Crippen molar-refractivity contribution in [2.24, 2.45) is 0 Å². The Labute approximate surface area is 121 Å². The highest BCUT2D eigenvalue weighted by Crippen LogP contribution is 2.33. The zero-order valence-electron chi connectivity index (χ0n) is 10.6. The zero-order chi connectivity index (χ0) is 14.2. The van der Waals surface area contributed by atoms with Crippen molar-refractivity contribution in [1.82, 2.24) is 4.57 Å². The van der Waals surface area contributed by atoms with Gasteiger partial charge in [-0.2, -0.15) is 0 Å². The number of halogens is 2. The quantitative estimate of drug-likeness (QED) is 0.850. The second kappa shape index (κ2) is 5.27. The lowest BCUT2D eigenvalue weighted by Crippen LogP contribution is -1.96. The molecule has 1 aromatic heterocycles. The molecule has 0 atom stereocenters. The molecule has 0 aliphatic heterocycles. The lowest BCUT2D eigenvalue weighted by molar-refractivity contribution is -0.132. The normalized spacial score (nSPS) is 12.1. The topological polar surface area (TPSA) is 42.2 Å². The molecular formula is C14H13Cl2NO2. The molecule has 3 nitrogen and oxygen atoms in total. The fourth-order valence-corrected chi connectivity index (χ4v) is 2.59. The minimum atomic E-state index is -0.963. The smallest absolute Gasteiger partial charge is 0.331 e. The Morgan fingerprint density at radius 2 is 2.11 bits per heavy atom. The third-order valence-electron chi connectivity index (χ3n) is 3.01. The molecule has 0 bridgehead atoms. The van der Waals surface area contributed by atoms with E-state index in [0.717, 1.165) is 10.9 Å². The third-order valence-corrected chi connectivity index (χ3v) is 3.66. The lowest BCUT2D eigenvalue weighted by atomic mass is 10.1. The number of nitrogens with zero attached hydrogens (tertiary/aromatic N) is 1. The Kier molecular flexibility index (Phi) is 3.88. The number of hydrogen-bond donors (Lipinski definition) is 1. The Morgan fingerprint density at radius 1 is 1.42 bits per heavy atom. The standard InChI is InChI=1S/C14H13Cl2NO2/c1-3-17-12-5-4-9(15)7-10(12)11(13(17)16)6-8(2)14(18)19/h4-7H,3H2,1-2H3,(H,18,19)/b8-6+. The van der Waals surface area contributed by atoms with Gasteiger partial charge in [0, 0.05) is 33.6 Å². The predicted molar refractivity (Wildman–Crippen MR) is 78.9 cm³/mol. The van der Waals surface area contributed by atoms with Crippen molar-refractivity contribution < 1.29 is 9.90 Å². The summed E-state index contributed by atoms with van der Waals surface area (Å²) in [5, 5.41) is 11.0. The van der Waals surface area contributed by atoms with Gasteiger partial charge in [-0.15, -0.1) is 0 Å². The van der Waals surface area contributed by atoms with E-state index >= 15 is 0 Å². The Hall–Kier alpha value is -1.45. The van der Waals surface area contributed by atoms with Crippen LogP contribution in [-0.2, 0) is 11.3 Å². The van der Waals surface area contributed by atoms with E-state index in [4.69, 9.17) is 28.3 Å². The van der Waals surface area contributed by atoms with Crippen LogP contribution in [0, 0.1) is 0 Å². The molecule has 1 N–H and O–H groups in total. The maximum absolute atomic E-state index is 11.0. The van der Waals surface area contributed by atoms with Gasteiger partial charge in [0.25, 0.3) is 0 Å². The highest BCUT2D eigenvalue weighted by atomic mass is 35.5. The summed E-state index contributed by atoms with van der Waals surface area (Å²) in [6.45, 7) is 4.23. The Morgan fingerprint density at radius 3 is 2.68 bits per heavy atom. The van der Waals surface area contributed by atoms with Crippen molar-refractivity contribution in [2.75, 3.05) is 0 Å². The van der Waals surface area contributed by atoms with Gasteiger partial charge in [0.15, 0.2) is 0 Å². The molecule has 0 spiro atoms. The van der Waals surface area contributed by atoms with Gasteiger partial charge >= 0.3 is 5.97 Å². The maximum Gasteiger partial charge on any atom is 0.331 e. The van der Waals surface area contributed by atoms with E-state index in [9.17, 15) is 4.79 Å². The van der Waals surface area contributed by atoms with Crippen molar-refractivity contribution in [2.45, 2.75) is 20.4 Å². The van der Waals surface area contributed by atoms with Crippen LogP contribution in [-0.4, -0.2) is 15.6 Å². The summed E-state index contributed by atoms with van der Waals surface area (Å²) >= 11 is 12.3. The van der Waals surface area contributed by atoms with Crippen molar-refractivity contribution in [3.05, 3.63) is 39.5 Å². The first-order valence-corrected chi connectivity index (χ1v) is 6.60. The Balaban J connectivity index is 2.79. The summed E-state index contributed by atoms with van der Waals surface area (Å²) in [5.74, 6) is -0.963. The summed E-state index contributed by atoms with van der Waals surface area (Å²) in [6, 6.07) is 5.49. The molecule has 0 amide bonds. The molecule has 0 unspecified atom stereocenters. The summed E-state index contributed by atoms with van der Waals surface area (Å²) in [4.78, 5) is 11.0. The molecule has 1 heterocycles. The summed E-state index contributed by atoms with van der Waals surface area (Å²) in [7, 11) is 0. The van der Waals surface area contributed by atoms with Gasteiger partial charge in [0.2, 0.25) is 0 Å². The fraction of sp³-hybridized carbons (Fsp3) is 0.214. The largest absolute Gasteiger partial charge is 0.478 e. The van der Waals surface area contributed by atoms with E-state index in [1.165, 1.54) is 0 Å². The van der Waals surface area contributed by atoms with Crippen LogP contribution in [0.3, 0.4) is 0 Å². The predicted octanol–water partition coefficient (Wildman–Crippen LogP) is 4.46. The van der Waals surface area contributed by atoms with Crippen molar-refractivity contribution in [1.29, 1.82) is 0 Å². The van der Waals surface area contributed by atoms with E-state index in [0.29, 0.717) is 22.3 Å². The molecule has 0 aliphatic carbocycles. The Bertz CT molecular complexity index is 686. The summed E-state index contributed by atoms with van der Waals surface area (Å²) in [5.41, 5.74) is 1.87. The van der Waals surface area contributed by atoms with Crippen molar-refractivity contribution >= 4 is 46.2 Å². The number of fused-ring (bicyclic) bond motifs is 1. The molecule has 5 heteroatoms. The van der Waals surface area contributed by atoms with Crippen LogP contribution in [0.1, 0.15) is 19.4 Å². The average Bonchev–Trinajstić information content (AvgIpc) is 2.61. The second-order valence-electron chi connectivity index (χ2n) is 4.24. The molecule has 100 valence electrons. The number of aromatic nitrogens is 1. The van der Waals surface area contributed by atoms with Gasteiger partial charge in [0.05, 0.1) is 0 Å². The van der Waals surface area contributed by atoms with Crippen LogP contribution in [0.25, 0.3) is 17.0 Å². The van der Waals surface area contributed by atoms with Crippen LogP contribution in [0.15, 0.2) is 23.8 Å². The van der Waals surface area contributed by atoms with E-state index in [1.807, 2.05) is 17.6 Å². The molecule has 0 saturated heterocycles. The molecule has 19 heavy (non-hydrogen) atoms. The van der Waals surface area contributed by atoms with Gasteiger partial charge in [-0.05, 0) is 38.1 Å². The zero-order valence-corrected chi connectivity index (χ0v) is 12.1. The van der Waals surface area contributed by atoms with Gasteiger partial charge in [-0.25, -0.2) is 4.79 Å². The van der Waals surface area contributed by atoms with Gasteiger partial charge in [-0.3, -0.25) is 0 Å². The summed E-state index contributed by atoms with van der Waals surface area (Å²) < 4.78 is 1.92. The highest BCUT2D eigenvalue weighted by Gasteiger charge is 2.14. The molecule has 1 aromatic carbocycles. The maximum atomic E-state index is 11.0. The number of carboxylic acids is 1. The lowest BCUT2D eigenvalue weighted by Gasteiger charge is -2.01. The number of carbonyl (C=O) groups is 1. The van der Waals surface area contributed by atoms with Crippen LogP contribution in [0.4, 0.5) is 0 Å². The molecule has 0 saturated carbocycles. The minimum absolute atomic E-state index is 0.233. The van der Waals surface area contributed by atoms with Gasteiger partial charge < -0.3 is 9.67 Å². The first-order chi connectivity index (χ1) is 8.95. The van der Waals surface area contributed by atoms with Crippen molar-refractivity contribution in [3.8, 4) is 0 Å². The number of rotatable bonds is 3. The van der Waals surface area contributed by atoms with E-state index < -0.39 is 5.97 Å². The number of aryl methyl sites for hydroxylation is 1. The molecule has 2 rings (SSSR count). The third kappa shape index (κ3) is 2.48. The van der Waals surface area contributed by atoms with Crippen LogP contribution >= 0.6 is 23.2 Å². The molecule has 0 radical (unpaired) electrons. The number of aliphatic carboxylic acids is 1. The number of carboxylic acid groups (broad SMARTS) is 1. The second-order valence-corrected chi connectivity index (χ2v) is 5.04. The number of hydrogen-bond acceptors (Lipinski definition) is 1. The van der Waals surface area contributed by atoms with E-state index in [2.05, 4.69) is 0 Å². The van der Waals surface area contributed by atoms with Gasteiger partial charge in [-0.1, -0.05) is 23.2 Å². The minimum Gasteiger partial charge on any atom is -0.478 e. The first kappa shape index (κ1) is 14.0. The molecular weight excluding hydrogens is 285 g/mol.